The van der Waals surface area contributed by atoms with Gasteiger partial charge in [0, 0.05) is 6.92 Å². The summed E-state index contributed by atoms with van der Waals surface area (Å²) in [5, 5.41) is 1.73. The maximum absolute atomic E-state index is 12.1. The highest BCUT2D eigenvalue weighted by molar-refractivity contribution is 8.16. The zero-order valence-electron chi connectivity index (χ0n) is 12.2. The fraction of sp³-hybridized carbons (Fsp3) is 0.643. The van der Waals surface area contributed by atoms with Crippen molar-refractivity contribution in [3.05, 3.63) is 11.0 Å². The number of rotatable bonds is 4. The van der Waals surface area contributed by atoms with Gasteiger partial charge in [-0.2, -0.15) is 0 Å². The van der Waals surface area contributed by atoms with Crippen LogP contribution >= 0.6 is 11.8 Å². The number of ether oxygens (including phenoxy) is 2. The van der Waals surface area contributed by atoms with Crippen molar-refractivity contribution in [3.8, 4) is 0 Å². The summed E-state index contributed by atoms with van der Waals surface area (Å²) < 4.78 is 9.57. The highest BCUT2D eigenvalue weighted by Gasteiger charge is 2.54. The molecule has 0 N–H and O–H groups in total. The first-order valence-electron chi connectivity index (χ1n) is 6.44. The Bertz CT molecular complexity index is 425. The summed E-state index contributed by atoms with van der Waals surface area (Å²) in [5.74, 6) is -1.06. The molecule has 0 amide bonds. The summed E-state index contributed by atoms with van der Waals surface area (Å²) in [4.78, 5) is 35.2. The Kier molecular flexibility index (Phi) is 5.80. The van der Waals surface area contributed by atoms with Gasteiger partial charge in [0.05, 0.1) is 14.2 Å². The number of allylic oxidation sites excluding steroid dienone is 1. The van der Waals surface area contributed by atoms with Crippen molar-refractivity contribution >= 4 is 28.8 Å². The van der Waals surface area contributed by atoms with Gasteiger partial charge in [0.1, 0.15) is 0 Å². The molecule has 20 heavy (non-hydrogen) atoms. The predicted molar refractivity (Wildman–Crippen MR) is 75.8 cm³/mol. The smallest absolute Gasteiger partial charge is 0.323 e. The van der Waals surface area contributed by atoms with Gasteiger partial charge in [-0.05, 0) is 30.6 Å². The van der Waals surface area contributed by atoms with Crippen LogP contribution in [0.25, 0.3) is 0 Å². The van der Waals surface area contributed by atoms with Crippen molar-refractivity contribution in [2.45, 2.75) is 33.1 Å². The molecule has 112 valence electrons. The maximum atomic E-state index is 12.1. The lowest BCUT2D eigenvalue weighted by Crippen LogP contribution is -2.39. The van der Waals surface area contributed by atoms with E-state index in [4.69, 9.17) is 9.47 Å². The van der Waals surface area contributed by atoms with E-state index in [-0.39, 0.29) is 17.5 Å². The predicted octanol–water partition coefficient (Wildman–Crippen LogP) is 2.30. The SMILES string of the molecule is CCC1CC(C(=O)OC)(C(=O)OC)C/C1=C/SC(C)=O. The van der Waals surface area contributed by atoms with Crippen LogP contribution in [-0.4, -0.2) is 31.3 Å². The zero-order valence-corrected chi connectivity index (χ0v) is 13.0. The van der Waals surface area contributed by atoms with E-state index in [0.717, 1.165) is 23.8 Å². The largest absolute Gasteiger partial charge is 0.468 e. The highest BCUT2D eigenvalue weighted by atomic mass is 32.2. The van der Waals surface area contributed by atoms with Crippen LogP contribution in [0.2, 0.25) is 0 Å². The third-order valence-corrected chi connectivity index (χ3v) is 4.40. The van der Waals surface area contributed by atoms with E-state index >= 15 is 0 Å². The van der Waals surface area contributed by atoms with E-state index in [1.54, 1.807) is 5.41 Å². The summed E-state index contributed by atoms with van der Waals surface area (Å²) in [6.45, 7) is 3.47. The number of carbonyl (C=O) groups is 3. The normalized spacial score (nSPS) is 22.6. The monoisotopic (exact) mass is 300 g/mol. The minimum absolute atomic E-state index is 0.0269. The summed E-state index contributed by atoms with van der Waals surface area (Å²) in [5.41, 5.74) is -0.337. The lowest BCUT2D eigenvalue weighted by Gasteiger charge is -2.22. The molecule has 0 saturated heterocycles. The molecule has 0 aromatic carbocycles. The lowest BCUT2D eigenvalue weighted by atomic mass is 9.85. The quantitative estimate of drug-likeness (QED) is 0.586. The number of hydrogen-bond donors (Lipinski definition) is 0. The number of methoxy groups -OCH3 is 2. The van der Waals surface area contributed by atoms with Crippen LogP contribution in [0.4, 0.5) is 0 Å². The molecule has 1 aliphatic carbocycles. The molecule has 0 heterocycles. The second-order valence-corrected chi connectivity index (χ2v) is 5.90. The van der Waals surface area contributed by atoms with Gasteiger partial charge in [0.15, 0.2) is 10.5 Å². The second-order valence-electron chi connectivity index (χ2n) is 4.85. The molecule has 1 atom stereocenters. The first kappa shape index (κ1) is 16.8. The van der Waals surface area contributed by atoms with Gasteiger partial charge in [0.2, 0.25) is 0 Å². The Labute approximate surface area is 123 Å². The maximum Gasteiger partial charge on any atom is 0.323 e. The molecule has 6 heteroatoms. The van der Waals surface area contributed by atoms with E-state index in [9.17, 15) is 14.4 Å². The van der Waals surface area contributed by atoms with Crippen molar-refractivity contribution in [1.29, 1.82) is 0 Å². The minimum Gasteiger partial charge on any atom is -0.468 e. The van der Waals surface area contributed by atoms with Gasteiger partial charge in [-0.1, -0.05) is 24.3 Å². The summed E-state index contributed by atoms with van der Waals surface area (Å²) in [6.07, 6.45) is 1.41. The Morgan fingerprint density at radius 3 is 2.25 bits per heavy atom. The molecule has 1 saturated carbocycles. The molecule has 1 unspecified atom stereocenters. The topological polar surface area (TPSA) is 69.7 Å². The fourth-order valence-electron chi connectivity index (χ4n) is 2.60. The molecule has 0 aliphatic heterocycles. The van der Waals surface area contributed by atoms with Crippen LogP contribution in [0.15, 0.2) is 11.0 Å². The van der Waals surface area contributed by atoms with Crippen LogP contribution in [-0.2, 0) is 23.9 Å². The molecule has 0 bridgehead atoms. The van der Waals surface area contributed by atoms with Crippen molar-refractivity contribution in [2.75, 3.05) is 14.2 Å². The Balaban J connectivity index is 3.11. The van der Waals surface area contributed by atoms with Gasteiger partial charge in [-0.15, -0.1) is 0 Å². The van der Waals surface area contributed by atoms with Gasteiger partial charge in [0.25, 0.3) is 0 Å². The van der Waals surface area contributed by atoms with Crippen LogP contribution in [0.1, 0.15) is 33.1 Å². The van der Waals surface area contributed by atoms with Gasteiger partial charge < -0.3 is 9.47 Å². The third-order valence-electron chi connectivity index (χ3n) is 3.65. The average molecular weight is 300 g/mol. The first-order chi connectivity index (χ1) is 9.41. The molecular formula is C14H20O5S. The van der Waals surface area contributed by atoms with Crippen LogP contribution in [0, 0.1) is 11.3 Å². The zero-order chi connectivity index (χ0) is 15.3. The molecular weight excluding hydrogens is 280 g/mol. The van der Waals surface area contributed by atoms with Crippen LogP contribution < -0.4 is 0 Å². The molecule has 0 radical (unpaired) electrons. The molecule has 1 aliphatic rings. The summed E-state index contributed by atoms with van der Waals surface area (Å²) >= 11 is 1.08. The van der Waals surface area contributed by atoms with E-state index in [2.05, 4.69) is 0 Å². The average Bonchev–Trinajstić information content (AvgIpc) is 2.83. The van der Waals surface area contributed by atoms with Crippen LogP contribution in [0.3, 0.4) is 0 Å². The molecule has 1 rings (SSSR count). The Morgan fingerprint density at radius 2 is 1.85 bits per heavy atom. The van der Waals surface area contributed by atoms with E-state index in [1.165, 1.54) is 21.1 Å². The van der Waals surface area contributed by atoms with Gasteiger partial charge in [-0.3, -0.25) is 14.4 Å². The Hall–Kier alpha value is -1.30. The number of hydrogen-bond acceptors (Lipinski definition) is 6. The molecule has 1 fully saturated rings. The number of esters is 2. The van der Waals surface area contributed by atoms with E-state index in [0.29, 0.717) is 6.42 Å². The second kappa shape index (κ2) is 6.92. The first-order valence-corrected chi connectivity index (χ1v) is 7.32. The van der Waals surface area contributed by atoms with E-state index < -0.39 is 17.4 Å². The molecule has 0 spiro atoms. The lowest BCUT2D eigenvalue weighted by molar-refractivity contribution is -0.168. The Morgan fingerprint density at radius 1 is 1.30 bits per heavy atom. The third kappa shape index (κ3) is 3.23. The molecule has 5 nitrogen and oxygen atoms in total. The van der Waals surface area contributed by atoms with Crippen molar-refractivity contribution in [1.82, 2.24) is 0 Å². The fourth-order valence-corrected chi connectivity index (χ4v) is 3.20. The standard InChI is InChI=1S/C14H20O5S/c1-5-10-6-14(12(16)18-3,13(17)19-4)7-11(10)8-20-9(2)15/h8,10H,5-7H2,1-4H3/b11-8-. The molecule has 0 aromatic rings. The minimum atomic E-state index is -1.27. The van der Waals surface area contributed by atoms with Crippen molar-refractivity contribution < 1.29 is 23.9 Å². The highest BCUT2D eigenvalue weighted by Crippen LogP contribution is 2.49. The van der Waals surface area contributed by atoms with Gasteiger partial charge >= 0.3 is 11.9 Å². The van der Waals surface area contributed by atoms with Crippen molar-refractivity contribution in [2.24, 2.45) is 11.3 Å². The summed E-state index contributed by atoms with van der Waals surface area (Å²) in [6, 6.07) is 0. The summed E-state index contributed by atoms with van der Waals surface area (Å²) in [7, 11) is 2.53. The van der Waals surface area contributed by atoms with Gasteiger partial charge in [-0.25, -0.2) is 0 Å². The van der Waals surface area contributed by atoms with Crippen molar-refractivity contribution in [3.63, 3.8) is 0 Å². The van der Waals surface area contributed by atoms with Crippen LogP contribution in [0.5, 0.6) is 0 Å². The number of thioether (sulfide) groups is 1. The van der Waals surface area contributed by atoms with E-state index in [1.807, 2.05) is 6.92 Å². The number of carbonyl (C=O) groups excluding carboxylic acids is 3. The molecule has 0 aromatic heterocycles.